The van der Waals surface area contributed by atoms with Gasteiger partial charge in [-0.2, -0.15) is 0 Å². The van der Waals surface area contributed by atoms with E-state index in [4.69, 9.17) is 19.8 Å². The van der Waals surface area contributed by atoms with Gasteiger partial charge >= 0.3 is 0 Å². The number of nitrogens with zero attached hydrogens (tertiary/aromatic N) is 3. The lowest BCUT2D eigenvalue weighted by Crippen LogP contribution is -2.17. The average molecular weight is 259 g/mol. The van der Waals surface area contributed by atoms with Crippen LogP contribution < -0.4 is 10.9 Å². The highest BCUT2D eigenvalue weighted by atomic mass is 32.2. The average Bonchev–Trinajstić information content (AvgIpc) is 2.94. The Bertz CT molecular complexity index is 398. The molecule has 2 rings (SSSR count). The number of ether oxygens (including phenoxy) is 1. The van der Waals surface area contributed by atoms with E-state index < -0.39 is 5.91 Å². The van der Waals surface area contributed by atoms with Crippen molar-refractivity contribution >= 4 is 18.1 Å². The number of nitrogens with two attached hydrogens (primary N) is 2. The van der Waals surface area contributed by atoms with Crippen molar-refractivity contribution in [1.29, 1.82) is 0 Å². The molecule has 4 N–H and O–H groups in total. The van der Waals surface area contributed by atoms with E-state index in [2.05, 4.69) is 10.1 Å². The maximum absolute atomic E-state index is 10.8. The third-order valence-corrected chi connectivity index (χ3v) is 2.70. The number of carbonyl (C=O) groups is 1. The largest absolute Gasteiger partial charge is 0.363 e. The van der Waals surface area contributed by atoms with E-state index in [-0.39, 0.29) is 18.2 Å². The van der Waals surface area contributed by atoms with Gasteiger partial charge in [0.15, 0.2) is 6.23 Å². The minimum Gasteiger partial charge on any atom is -0.363 e. The molecule has 0 saturated carbocycles. The maximum atomic E-state index is 10.8. The first-order valence-corrected chi connectivity index (χ1v) is 5.86. The Morgan fingerprint density at radius 3 is 3.18 bits per heavy atom. The summed E-state index contributed by atoms with van der Waals surface area (Å²) >= 11 is 0.818. The monoisotopic (exact) mass is 259 g/mol. The van der Waals surface area contributed by atoms with Crippen LogP contribution in [0, 0.1) is 0 Å². The summed E-state index contributed by atoms with van der Waals surface area (Å²) in [5.41, 5.74) is 5.06. The van der Waals surface area contributed by atoms with Gasteiger partial charge in [0.05, 0.1) is 24.9 Å². The molecule has 0 radical (unpaired) electrons. The second-order valence-corrected chi connectivity index (χ2v) is 4.01. The highest BCUT2D eigenvalue weighted by molar-refractivity contribution is 7.92. The van der Waals surface area contributed by atoms with Gasteiger partial charge in [-0.25, -0.2) is 9.67 Å². The van der Waals surface area contributed by atoms with Crippen molar-refractivity contribution in [2.75, 3.05) is 6.61 Å². The van der Waals surface area contributed by atoms with E-state index in [0.717, 1.165) is 25.1 Å². The number of primary amides is 1. The Balaban J connectivity index is 1.93. The van der Waals surface area contributed by atoms with Gasteiger partial charge in [0.1, 0.15) is 6.33 Å². The smallest absolute Gasteiger partial charge is 0.288 e. The van der Waals surface area contributed by atoms with Crippen LogP contribution in [-0.2, 0) is 8.92 Å². The first kappa shape index (κ1) is 12.3. The highest BCUT2D eigenvalue weighted by Crippen LogP contribution is 2.27. The number of hydrogen-bond acceptors (Lipinski definition) is 7. The van der Waals surface area contributed by atoms with Crippen LogP contribution in [0.3, 0.4) is 0 Å². The molecule has 1 aliphatic rings. The molecule has 0 bridgehead atoms. The van der Waals surface area contributed by atoms with Gasteiger partial charge < -0.3 is 10.5 Å². The van der Waals surface area contributed by atoms with Gasteiger partial charge in [0.2, 0.25) is 5.82 Å². The van der Waals surface area contributed by atoms with Crippen molar-refractivity contribution in [3.8, 4) is 0 Å². The molecular weight excluding hydrogens is 246 g/mol. The molecule has 1 fully saturated rings. The SMILES string of the molecule is NSOC[C@@H]1CC[C@H](n2cnc(C(N)=O)n2)O1. The van der Waals surface area contributed by atoms with Crippen LogP contribution in [0.1, 0.15) is 29.7 Å². The summed E-state index contributed by atoms with van der Waals surface area (Å²) in [6.45, 7) is 0.426. The van der Waals surface area contributed by atoms with Crippen molar-refractivity contribution in [2.24, 2.45) is 10.9 Å². The van der Waals surface area contributed by atoms with Gasteiger partial charge in [0, 0.05) is 0 Å². The molecule has 17 heavy (non-hydrogen) atoms. The first-order valence-electron chi connectivity index (χ1n) is 5.05. The summed E-state index contributed by atoms with van der Waals surface area (Å²) in [5.74, 6) is -0.660. The normalized spacial score (nSPS) is 24.1. The molecule has 8 nitrogen and oxygen atoms in total. The summed E-state index contributed by atoms with van der Waals surface area (Å²) in [4.78, 5) is 14.6. The predicted molar refractivity (Wildman–Crippen MR) is 59.4 cm³/mol. The van der Waals surface area contributed by atoms with Crippen LogP contribution in [0.5, 0.6) is 0 Å². The summed E-state index contributed by atoms with van der Waals surface area (Å²) in [6, 6.07) is 0. The molecule has 1 saturated heterocycles. The molecule has 0 aromatic carbocycles. The topological polar surface area (TPSA) is 118 Å². The van der Waals surface area contributed by atoms with E-state index in [0.29, 0.717) is 6.61 Å². The highest BCUT2D eigenvalue weighted by Gasteiger charge is 2.28. The molecule has 94 valence electrons. The summed E-state index contributed by atoms with van der Waals surface area (Å²) in [6.07, 6.45) is 2.82. The minimum absolute atomic E-state index is 0.00851. The molecule has 0 aliphatic carbocycles. The number of amides is 1. The molecule has 0 spiro atoms. The second kappa shape index (κ2) is 5.45. The van der Waals surface area contributed by atoms with Gasteiger partial charge in [-0.1, -0.05) is 0 Å². The lowest BCUT2D eigenvalue weighted by Gasteiger charge is -2.12. The number of hydrogen-bond donors (Lipinski definition) is 2. The molecule has 1 aliphatic heterocycles. The van der Waals surface area contributed by atoms with E-state index in [9.17, 15) is 4.79 Å². The van der Waals surface area contributed by atoms with E-state index in [1.165, 1.54) is 11.0 Å². The van der Waals surface area contributed by atoms with Crippen molar-refractivity contribution < 1.29 is 13.7 Å². The molecule has 2 heterocycles. The van der Waals surface area contributed by atoms with Gasteiger partial charge in [-0.3, -0.25) is 14.1 Å². The molecule has 2 atom stereocenters. The van der Waals surface area contributed by atoms with Crippen molar-refractivity contribution in [1.82, 2.24) is 14.8 Å². The second-order valence-electron chi connectivity index (χ2n) is 3.58. The van der Waals surface area contributed by atoms with Crippen LogP contribution in [0.2, 0.25) is 0 Å². The fraction of sp³-hybridized carbons (Fsp3) is 0.625. The summed E-state index contributed by atoms with van der Waals surface area (Å²) < 4.78 is 12.1. The third kappa shape index (κ3) is 2.94. The molecule has 0 unspecified atom stereocenters. The Morgan fingerprint density at radius 2 is 2.53 bits per heavy atom. The molecule has 1 amide bonds. The van der Waals surface area contributed by atoms with Crippen LogP contribution in [-0.4, -0.2) is 33.4 Å². The lowest BCUT2D eigenvalue weighted by atomic mass is 10.2. The lowest BCUT2D eigenvalue weighted by molar-refractivity contribution is -0.0211. The van der Waals surface area contributed by atoms with Crippen molar-refractivity contribution in [3.05, 3.63) is 12.2 Å². The fourth-order valence-corrected chi connectivity index (χ4v) is 1.88. The van der Waals surface area contributed by atoms with Gasteiger partial charge in [0.25, 0.3) is 5.91 Å². The fourth-order valence-electron chi connectivity index (χ4n) is 1.65. The summed E-state index contributed by atoms with van der Waals surface area (Å²) in [5, 5.41) is 9.09. The number of aromatic nitrogens is 3. The maximum Gasteiger partial charge on any atom is 0.288 e. The molecular formula is C8H13N5O3S. The van der Waals surface area contributed by atoms with Crippen molar-refractivity contribution in [2.45, 2.75) is 25.2 Å². The zero-order valence-corrected chi connectivity index (χ0v) is 9.80. The third-order valence-electron chi connectivity index (χ3n) is 2.43. The quantitative estimate of drug-likeness (QED) is 0.545. The molecule has 1 aromatic rings. The Morgan fingerprint density at radius 1 is 1.71 bits per heavy atom. The Labute approximate surface area is 102 Å². The molecule has 1 aromatic heterocycles. The van der Waals surface area contributed by atoms with E-state index in [1.54, 1.807) is 0 Å². The standard InChI is InChI=1S/C8H13N5O3S/c9-7(14)8-11-4-13(12-8)6-2-1-5(16-6)3-15-17-10/h4-6H,1-3,10H2,(H2,9,14)/t5-,6+/m0/s1. The minimum atomic E-state index is -0.652. The first-order chi connectivity index (χ1) is 8.20. The number of carbonyl (C=O) groups excluding carboxylic acids is 1. The Kier molecular flexibility index (Phi) is 3.94. The van der Waals surface area contributed by atoms with Crippen LogP contribution in [0.25, 0.3) is 0 Å². The predicted octanol–water partition coefficient (Wildman–Crippen LogP) is -0.407. The summed E-state index contributed by atoms with van der Waals surface area (Å²) in [7, 11) is 0. The van der Waals surface area contributed by atoms with Crippen LogP contribution >= 0.6 is 12.2 Å². The van der Waals surface area contributed by atoms with Crippen molar-refractivity contribution in [3.63, 3.8) is 0 Å². The van der Waals surface area contributed by atoms with E-state index >= 15 is 0 Å². The van der Waals surface area contributed by atoms with E-state index in [1.807, 2.05) is 0 Å². The van der Waals surface area contributed by atoms with Crippen LogP contribution in [0.15, 0.2) is 6.33 Å². The van der Waals surface area contributed by atoms with Gasteiger partial charge in [-0.05, 0) is 12.8 Å². The molecule has 9 heteroatoms. The number of rotatable bonds is 5. The van der Waals surface area contributed by atoms with Crippen LogP contribution in [0.4, 0.5) is 0 Å². The zero-order chi connectivity index (χ0) is 12.3. The zero-order valence-electron chi connectivity index (χ0n) is 8.98. The Hall–Kier alpha value is -1.16. The van der Waals surface area contributed by atoms with Gasteiger partial charge in [-0.15, -0.1) is 5.10 Å².